The minimum atomic E-state index is -0.560. The summed E-state index contributed by atoms with van der Waals surface area (Å²) < 4.78 is 5.19. The first-order valence-electron chi connectivity index (χ1n) is 6.78. The van der Waals surface area contributed by atoms with Crippen LogP contribution in [0.4, 0.5) is 16.2 Å². The van der Waals surface area contributed by atoms with Gasteiger partial charge in [0.05, 0.1) is 4.88 Å². The van der Waals surface area contributed by atoms with Gasteiger partial charge in [-0.25, -0.2) is 4.79 Å². The van der Waals surface area contributed by atoms with Gasteiger partial charge in [0.2, 0.25) is 0 Å². The zero-order valence-electron chi connectivity index (χ0n) is 12.7. The molecule has 0 aliphatic rings. The van der Waals surface area contributed by atoms with Crippen molar-refractivity contribution in [3.8, 4) is 0 Å². The van der Waals surface area contributed by atoms with Crippen molar-refractivity contribution in [1.82, 2.24) is 0 Å². The van der Waals surface area contributed by atoms with E-state index in [2.05, 4.69) is 10.6 Å². The van der Waals surface area contributed by atoms with Crippen LogP contribution in [-0.2, 0) is 4.74 Å². The summed E-state index contributed by atoms with van der Waals surface area (Å²) >= 11 is 1.37. The van der Waals surface area contributed by atoms with Crippen LogP contribution in [0.1, 0.15) is 30.4 Å². The predicted molar refractivity (Wildman–Crippen MR) is 88.6 cm³/mol. The van der Waals surface area contributed by atoms with Crippen molar-refractivity contribution in [2.24, 2.45) is 0 Å². The Hall–Kier alpha value is -2.34. The Morgan fingerprint density at radius 1 is 1.05 bits per heavy atom. The highest BCUT2D eigenvalue weighted by Gasteiger charge is 2.16. The number of thiophene rings is 1. The van der Waals surface area contributed by atoms with Crippen molar-refractivity contribution in [1.29, 1.82) is 0 Å². The molecular weight excluding hydrogens is 300 g/mol. The Bertz CT molecular complexity index is 660. The van der Waals surface area contributed by atoms with E-state index in [9.17, 15) is 9.59 Å². The highest BCUT2D eigenvalue weighted by molar-refractivity contribution is 7.12. The van der Waals surface area contributed by atoms with Crippen LogP contribution < -0.4 is 10.6 Å². The molecule has 6 heteroatoms. The Kier molecular flexibility index (Phi) is 4.82. The summed E-state index contributed by atoms with van der Waals surface area (Å²) in [4.78, 5) is 24.3. The first-order valence-corrected chi connectivity index (χ1v) is 7.66. The fraction of sp³-hybridized carbons (Fsp3) is 0.250. The third-order valence-electron chi connectivity index (χ3n) is 2.51. The molecule has 22 heavy (non-hydrogen) atoms. The molecule has 1 heterocycles. The monoisotopic (exact) mass is 318 g/mol. The van der Waals surface area contributed by atoms with Gasteiger partial charge in [0.1, 0.15) is 5.60 Å². The first kappa shape index (κ1) is 16.0. The van der Waals surface area contributed by atoms with Crippen molar-refractivity contribution in [3.63, 3.8) is 0 Å². The molecule has 5 nitrogen and oxygen atoms in total. The smallest absolute Gasteiger partial charge is 0.412 e. The van der Waals surface area contributed by atoms with E-state index in [1.807, 2.05) is 11.4 Å². The molecule has 0 fully saturated rings. The number of rotatable bonds is 3. The quantitative estimate of drug-likeness (QED) is 0.884. The van der Waals surface area contributed by atoms with E-state index in [1.165, 1.54) is 11.3 Å². The highest BCUT2D eigenvalue weighted by atomic mass is 32.1. The SMILES string of the molecule is CC(C)(C)OC(=O)Nc1cccc(NC(=O)c2cccs2)c1. The van der Waals surface area contributed by atoms with Crippen molar-refractivity contribution in [2.45, 2.75) is 26.4 Å². The van der Waals surface area contributed by atoms with Gasteiger partial charge in [-0.1, -0.05) is 12.1 Å². The predicted octanol–water partition coefficient (Wildman–Crippen LogP) is 4.35. The molecule has 1 aromatic heterocycles. The Morgan fingerprint density at radius 3 is 2.32 bits per heavy atom. The number of benzene rings is 1. The molecule has 2 amide bonds. The summed E-state index contributed by atoms with van der Waals surface area (Å²) in [5.41, 5.74) is 0.597. The Balaban J connectivity index is 2.01. The van der Waals surface area contributed by atoms with E-state index in [0.29, 0.717) is 16.3 Å². The van der Waals surface area contributed by atoms with Gasteiger partial charge in [0, 0.05) is 11.4 Å². The molecule has 116 valence electrons. The molecule has 0 bridgehead atoms. The summed E-state index contributed by atoms with van der Waals surface area (Å²) in [5, 5.41) is 7.27. The molecule has 0 saturated heterocycles. The second kappa shape index (κ2) is 6.62. The number of amides is 2. The topological polar surface area (TPSA) is 67.4 Å². The molecular formula is C16H18N2O3S. The van der Waals surface area contributed by atoms with E-state index in [-0.39, 0.29) is 5.91 Å². The molecule has 0 aliphatic heterocycles. The van der Waals surface area contributed by atoms with Crippen LogP contribution in [0.5, 0.6) is 0 Å². The van der Waals surface area contributed by atoms with Gasteiger partial charge in [-0.2, -0.15) is 0 Å². The van der Waals surface area contributed by atoms with Gasteiger partial charge < -0.3 is 10.1 Å². The van der Waals surface area contributed by atoms with E-state index < -0.39 is 11.7 Å². The van der Waals surface area contributed by atoms with Gasteiger partial charge in [-0.05, 0) is 50.4 Å². The molecule has 1 aromatic carbocycles. The second-order valence-corrected chi connectivity index (χ2v) is 6.59. The van der Waals surface area contributed by atoms with Crippen LogP contribution in [0.25, 0.3) is 0 Å². The normalized spacial score (nSPS) is 10.9. The molecule has 0 atom stereocenters. The summed E-state index contributed by atoms with van der Waals surface area (Å²) in [6.45, 7) is 5.39. The summed E-state index contributed by atoms with van der Waals surface area (Å²) in [6.07, 6.45) is -0.533. The van der Waals surface area contributed by atoms with Crippen LogP contribution in [-0.4, -0.2) is 17.6 Å². The van der Waals surface area contributed by atoms with Gasteiger partial charge in [0.25, 0.3) is 5.91 Å². The second-order valence-electron chi connectivity index (χ2n) is 5.64. The number of nitrogens with one attached hydrogen (secondary N) is 2. The lowest BCUT2D eigenvalue weighted by molar-refractivity contribution is 0.0636. The van der Waals surface area contributed by atoms with Gasteiger partial charge >= 0.3 is 6.09 Å². The number of carbonyl (C=O) groups is 2. The number of anilines is 2. The zero-order valence-corrected chi connectivity index (χ0v) is 13.5. The molecule has 0 spiro atoms. The molecule has 2 rings (SSSR count). The summed E-state index contributed by atoms with van der Waals surface area (Å²) in [7, 11) is 0. The largest absolute Gasteiger partial charge is 0.444 e. The third kappa shape index (κ3) is 4.89. The average molecular weight is 318 g/mol. The average Bonchev–Trinajstić information content (AvgIpc) is 2.90. The maximum atomic E-state index is 12.0. The van der Waals surface area contributed by atoms with E-state index in [1.54, 1.807) is 51.1 Å². The van der Waals surface area contributed by atoms with Crippen LogP contribution in [0.3, 0.4) is 0 Å². The van der Waals surface area contributed by atoms with Crippen LogP contribution in [0.15, 0.2) is 41.8 Å². The van der Waals surface area contributed by atoms with Crippen molar-refractivity contribution in [3.05, 3.63) is 46.7 Å². The van der Waals surface area contributed by atoms with Crippen molar-refractivity contribution < 1.29 is 14.3 Å². The highest BCUT2D eigenvalue weighted by Crippen LogP contribution is 2.18. The molecule has 2 aromatic rings. The maximum absolute atomic E-state index is 12.0. The molecule has 0 unspecified atom stereocenters. The Labute approximate surface area is 133 Å². The zero-order chi connectivity index (χ0) is 16.2. The minimum absolute atomic E-state index is 0.176. The van der Waals surface area contributed by atoms with Gasteiger partial charge in [-0.3, -0.25) is 10.1 Å². The standard InChI is InChI=1S/C16H18N2O3S/c1-16(2,3)21-15(20)18-12-7-4-6-11(10-12)17-14(19)13-8-5-9-22-13/h4-10H,1-3H3,(H,17,19)(H,18,20). The lowest BCUT2D eigenvalue weighted by Gasteiger charge is -2.19. The molecule has 2 N–H and O–H groups in total. The van der Waals surface area contributed by atoms with Crippen LogP contribution in [0.2, 0.25) is 0 Å². The van der Waals surface area contributed by atoms with Crippen LogP contribution >= 0.6 is 11.3 Å². The number of hydrogen-bond donors (Lipinski definition) is 2. The van der Waals surface area contributed by atoms with Gasteiger partial charge in [-0.15, -0.1) is 11.3 Å². The lowest BCUT2D eigenvalue weighted by Crippen LogP contribution is -2.27. The maximum Gasteiger partial charge on any atom is 0.412 e. The minimum Gasteiger partial charge on any atom is -0.444 e. The van der Waals surface area contributed by atoms with E-state index in [0.717, 1.165) is 0 Å². The molecule has 0 aliphatic carbocycles. The van der Waals surface area contributed by atoms with E-state index in [4.69, 9.17) is 4.74 Å². The summed E-state index contributed by atoms with van der Waals surface area (Å²) in [6, 6.07) is 10.5. The first-order chi connectivity index (χ1) is 10.3. The molecule has 0 radical (unpaired) electrons. The van der Waals surface area contributed by atoms with Crippen molar-refractivity contribution >= 4 is 34.7 Å². The fourth-order valence-corrected chi connectivity index (χ4v) is 2.32. The van der Waals surface area contributed by atoms with Crippen molar-refractivity contribution in [2.75, 3.05) is 10.6 Å². The Morgan fingerprint density at radius 2 is 1.73 bits per heavy atom. The van der Waals surface area contributed by atoms with Crippen LogP contribution in [0, 0.1) is 0 Å². The molecule has 0 saturated carbocycles. The van der Waals surface area contributed by atoms with E-state index >= 15 is 0 Å². The fourth-order valence-electron chi connectivity index (χ4n) is 1.70. The third-order valence-corrected chi connectivity index (χ3v) is 3.38. The van der Waals surface area contributed by atoms with Gasteiger partial charge in [0.15, 0.2) is 0 Å². The lowest BCUT2D eigenvalue weighted by atomic mass is 10.2. The number of hydrogen-bond acceptors (Lipinski definition) is 4. The number of ether oxygens (including phenoxy) is 1. The summed E-state index contributed by atoms with van der Waals surface area (Å²) in [5.74, 6) is -0.176. The number of carbonyl (C=O) groups excluding carboxylic acids is 2.